The fourth-order valence-electron chi connectivity index (χ4n) is 3.31. The zero-order valence-corrected chi connectivity index (χ0v) is 14.2. The molecule has 3 rings (SSSR count). The van der Waals surface area contributed by atoms with Gasteiger partial charge >= 0.3 is 0 Å². The maximum absolute atomic E-state index is 4.84. The first-order chi connectivity index (χ1) is 10.1. The van der Waals surface area contributed by atoms with E-state index < -0.39 is 8.07 Å². The lowest BCUT2D eigenvalue weighted by Crippen LogP contribution is -2.54. The molecule has 2 heterocycles. The minimum absolute atomic E-state index is 0.563. The highest BCUT2D eigenvalue weighted by atomic mass is 28.3. The summed E-state index contributed by atoms with van der Waals surface area (Å²) in [6.45, 7) is 5.97. The third kappa shape index (κ3) is 2.81. The second-order valence-corrected chi connectivity index (χ2v) is 10.9. The largest absolute Gasteiger partial charge is 0.299 e. The summed E-state index contributed by atoms with van der Waals surface area (Å²) in [5.41, 5.74) is 1.37. The second-order valence-electron chi connectivity index (χ2n) is 6.61. The van der Waals surface area contributed by atoms with Crippen LogP contribution >= 0.6 is 0 Å². The lowest BCUT2D eigenvalue weighted by molar-refractivity contribution is 0.317. The predicted molar refractivity (Wildman–Crippen MR) is 92.0 cm³/mol. The van der Waals surface area contributed by atoms with Gasteiger partial charge in [-0.1, -0.05) is 54.7 Å². The molecule has 1 atom stereocenters. The average molecular weight is 296 g/mol. The van der Waals surface area contributed by atoms with Crippen molar-refractivity contribution >= 4 is 18.6 Å². The monoisotopic (exact) mass is 296 g/mol. The van der Waals surface area contributed by atoms with E-state index in [-0.39, 0.29) is 0 Å². The van der Waals surface area contributed by atoms with E-state index in [1.54, 1.807) is 0 Å². The molecule has 1 aromatic heterocycles. The standard InChI is InChI=1S/C18H24N2Si/c1-20-13-7-10-17(20)15-11-12-18(19-14-15)21(2,3)16-8-5-4-6-9-16/h4-6,8-9,11-12,14,17H,7,10,13H2,1-3H3/t17-/m0/s1. The fraction of sp³-hybridized carbons (Fsp3) is 0.389. The molecule has 0 saturated carbocycles. The van der Waals surface area contributed by atoms with Gasteiger partial charge in [-0.05, 0) is 38.1 Å². The molecule has 0 amide bonds. The van der Waals surface area contributed by atoms with E-state index in [2.05, 4.69) is 73.7 Å². The Morgan fingerprint density at radius 2 is 1.86 bits per heavy atom. The predicted octanol–water partition coefficient (Wildman–Crippen LogP) is 2.67. The highest BCUT2D eigenvalue weighted by Crippen LogP contribution is 2.29. The molecule has 0 spiro atoms. The van der Waals surface area contributed by atoms with Crippen LogP contribution in [-0.4, -0.2) is 31.6 Å². The lowest BCUT2D eigenvalue weighted by Gasteiger charge is -2.24. The Hall–Kier alpha value is -1.45. The average Bonchev–Trinajstić information content (AvgIpc) is 2.94. The van der Waals surface area contributed by atoms with Crippen molar-refractivity contribution in [3.05, 3.63) is 54.2 Å². The number of pyridine rings is 1. The molecular weight excluding hydrogens is 272 g/mol. The van der Waals surface area contributed by atoms with E-state index in [0.29, 0.717) is 6.04 Å². The van der Waals surface area contributed by atoms with Crippen molar-refractivity contribution in [2.24, 2.45) is 0 Å². The van der Waals surface area contributed by atoms with Gasteiger partial charge in [0.05, 0.1) is 0 Å². The van der Waals surface area contributed by atoms with Gasteiger partial charge in [-0.2, -0.15) is 0 Å². The van der Waals surface area contributed by atoms with E-state index in [9.17, 15) is 0 Å². The molecule has 0 N–H and O–H groups in total. The summed E-state index contributed by atoms with van der Waals surface area (Å²) in [7, 11) is 0.557. The number of benzene rings is 1. The summed E-state index contributed by atoms with van der Waals surface area (Å²) < 4.78 is 0. The third-order valence-electron chi connectivity index (χ3n) is 4.83. The van der Waals surface area contributed by atoms with Crippen molar-refractivity contribution in [2.75, 3.05) is 13.6 Å². The quantitative estimate of drug-likeness (QED) is 0.810. The van der Waals surface area contributed by atoms with Gasteiger partial charge in [0.1, 0.15) is 8.07 Å². The zero-order valence-electron chi connectivity index (χ0n) is 13.2. The maximum atomic E-state index is 4.84. The molecule has 0 radical (unpaired) electrons. The molecule has 3 heteroatoms. The summed E-state index contributed by atoms with van der Waals surface area (Å²) in [5, 5.41) is 2.72. The van der Waals surface area contributed by atoms with Gasteiger partial charge in [0, 0.05) is 17.6 Å². The van der Waals surface area contributed by atoms with Gasteiger partial charge in [-0.15, -0.1) is 0 Å². The van der Waals surface area contributed by atoms with Gasteiger partial charge in [-0.25, -0.2) is 0 Å². The van der Waals surface area contributed by atoms with Crippen LogP contribution in [0, 0.1) is 0 Å². The molecule has 2 aromatic rings. The van der Waals surface area contributed by atoms with Crippen LogP contribution in [0.2, 0.25) is 13.1 Å². The Morgan fingerprint density at radius 3 is 2.43 bits per heavy atom. The van der Waals surface area contributed by atoms with Crippen LogP contribution in [0.1, 0.15) is 24.4 Å². The Kier molecular flexibility index (Phi) is 3.96. The van der Waals surface area contributed by atoms with E-state index in [1.165, 1.54) is 35.5 Å². The van der Waals surface area contributed by atoms with Crippen LogP contribution < -0.4 is 10.5 Å². The fourth-order valence-corrected chi connectivity index (χ4v) is 5.52. The number of rotatable bonds is 3. The van der Waals surface area contributed by atoms with Crippen LogP contribution in [-0.2, 0) is 0 Å². The number of hydrogen-bond acceptors (Lipinski definition) is 2. The third-order valence-corrected chi connectivity index (χ3v) is 8.18. The molecule has 110 valence electrons. The molecule has 0 unspecified atom stereocenters. The highest BCUT2D eigenvalue weighted by Gasteiger charge is 2.28. The van der Waals surface area contributed by atoms with Crippen molar-refractivity contribution < 1.29 is 0 Å². The summed E-state index contributed by atoms with van der Waals surface area (Å²) in [6.07, 6.45) is 4.67. The Morgan fingerprint density at radius 1 is 1.10 bits per heavy atom. The van der Waals surface area contributed by atoms with Gasteiger partial charge in [0.15, 0.2) is 0 Å². The van der Waals surface area contributed by atoms with E-state index >= 15 is 0 Å². The van der Waals surface area contributed by atoms with Crippen LogP contribution in [0.4, 0.5) is 0 Å². The van der Waals surface area contributed by atoms with E-state index in [1.807, 2.05) is 0 Å². The molecule has 2 nitrogen and oxygen atoms in total. The summed E-state index contributed by atoms with van der Waals surface area (Å²) in [5.74, 6) is 0. The second kappa shape index (κ2) is 5.74. The van der Waals surface area contributed by atoms with Crippen LogP contribution in [0.5, 0.6) is 0 Å². The number of nitrogens with zero attached hydrogens (tertiary/aromatic N) is 2. The van der Waals surface area contributed by atoms with Crippen LogP contribution in [0.25, 0.3) is 0 Å². The maximum Gasteiger partial charge on any atom is 0.135 e. The molecule has 0 aliphatic carbocycles. The number of aromatic nitrogens is 1. The van der Waals surface area contributed by atoms with Gasteiger partial charge in [0.25, 0.3) is 0 Å². The molecule has 1 fully saturated rings. The van der Waals surface area contributed by atoms with Crippen LogP contribution in [0.15, 0.2) is 48.7 Å². The van der Waals surface area contributed by atoms with Crippen molar-refractivity contribution in [3.63, 3.8) is 0 Å². The normalized spacial score (nSPS) is 19.9. The molecular formula is C18H24N2Si. The first-order valence-electron chi connectivity index (χ1n) is 7.81. The van der Waals surface area contributed by atoms with Crippen molar-refractivity contribution in [1.82, 2.24) is 9.88 Å². The van der Waals surface area contributed by atoms with Crippen molar-refractivity contribution in [3.8, 4) is 0 Å². The smallest absolute Gasteiger partial charge is 0.135 e. The molecule has 1 aliphatic heterocycles. The first kappa shape index (κ1) is 14.5. The lowest BCUT2D eigenvalue weighted by atomic mass is 10.1. The molecule has 0 bridgehead atoms. The van der Waals surface area contributed by atoms with Gasteiger partial charge in [-0.3, -0.25) is 9.88 Å². The van der Waals surface area contributed by atoms with Gasteiger partial charge in [0.2, 0.25) is 0 Å². The van der Waals surface area contributed by atoms with Crippen LogP contribution in [0.3, 0.4) is 0 Å². The Balaban J connectivity index is 1.87. The SMILES string of the molecule is CN1CCC[C@H]1c1ccc([Si](C)(C)c2ccccc2)nc1. The minimum atomic E-state index is -1.66. The Bertz CT molecular complexity index is 592. The van der Waals surface area contributed by atoms with Gasteiger partial charge < -0.3 is 0 Å². The molecule has 1 aliphatic rings. The van der Waals surface area contributed by atoms with E-state index in [0.717, 1.165) is 0 Å². The molecule has 21 heavy (non-hydrogen) atoms. The molecule has 1 saturated heterocycles. The summed E-state index contributed by atoms with van der Waals surface area (Å²) in [6, 6.07) is 16.0. The first-order valence-corrected chi connectivity index (χ1v) is 10.8. The number of hydrogen-bond donors (Lipinski definition) is 0. The summed E-state index contributed by atoms with van der Waals surface area (Å²) >= 11 is 0. The Labute approximate surface area is 128 Å². The topological polar surface area (TPSA) is 16.1 Å². The highest BCUT2D eigenvalue weighted by molar-refractivity contribution is 6.99. The zero-order chi connectivity index (χ0) is 14.9. The van der Waals surface area contributed by atoms with Crippen molar-refractivity contribution in [1.29, 1.82) is 0 Å². The van der Waals surface area contributed by atoms with Crippen molar-refractivity contribution in [2.45, 2.75) is 32.0 Å². The molecule has 1 aromatic carbocycles. The van der Waals surface area contributed by atoms with E-state index in [4.69, 9.17) is 4.98 Å². The summed E-state index contributed by atoms with van der Waals surface area (Å²) in [4.78, 5) is 7.28. The number of likely N-dealkylation sites (tertiary alicyclic amines) is 1. The minimum Gasteiger partial charge on any atom is -0.299 e.